The second-order valence-corrected chi connectivity index (χ2v) is 7.75. The molecule has 1 fully saturated rings. The first-order valence-electron chi connectivity index (χ1n) is 9.89. The molecule has 0 saturated carbocycles. The molecule has 1 aromatic heterocycles. The van der Waals surface area contributed by atoms with Gasteiger partial charge in [-0.1, -0.05) is 6.92 Å². The summed E-state index contributed by atoms with van der Waals surface area (Å²) in [5, 5.41) is 7.89. The van der Waals surface area contributed by atoms with Crippen molar-refractivity contribution in [3.05, 3.63) is 15.6 Å². The van der Waals surface area contributed by atoms with Crippen LogP contribution in [0, 0.1) is 6.92 Å². The molecule has 26 heavy (non-hydrogen) atoms. The van der Waals surface area contributed by atoms with Crippen LogP contribution in [-0.4, -0.2) is 56.5 Å². The number of ether oxygens (including phenoxy) is 2. The second kappa shape index (κ2) is 12.3. The van der Waals surface area contributed by atoms with Crippen molar-refractivity contribution < 1.29 is 9.47 Å². The summed E-state index contributed by atoms with van der Waals surface area (Å²) in [4.78, 5) is 10.6. The number of hydrogen-bond donors (Lipinski definition) is 2. The van der Waals surface area contributed by atoms with E-state index in [1.807, 2.05) is 0 Å². The van der Waals surface area contributed by atoms with E-state index in [2.05, 4.69) is 36.4 Å². The first-order chi connectivity index (χ1) is 12.7. The van der Waals surface area contributed by atoms with E-state index in [9.17, 15) is 0 Å². The van der Waals surface area contributed by atoms with Gasteiger partial charge in [-0.2, -0.15) is 0 Å². The molecule has 7 heteroatoms. The van der Waals surface area contributed by atoms with Crippen LogP contribution in [0.2, 0.25) is 0 Å². The summed E-state index contributed by atoms with van der Waals surface area (Å²) in [6.07, 6.45) is 5.46. The molecule has 6 nitrogen and oxygen atoms in total. The Morgan fingerprint density at radius 2 is 2.27 bits per heavy atom. The molecule has 2 N–H and O–H groups in total. The molecule has 1 aliphatic rings. The van der Waals surface area contributed by atoms with E-state index >= 15 is 0 Å². The third kappa shape index (κ3) is 7.60. The van der Waals surface area contributed by atoms with Crippen LogP contribution in [0.3, 0.4) is 0 Å². The van der Waals surface area contributed by atoms with E-state index in [4.69, 9.17) is 14.5 Å². The van der Waals surface area contributed by atoms with Gasteiger partial charge >= 0.3 is 0 Å². The number of nitrogens with zero attached hydrogens (tertiary/aromatic N) is 2. The first kappa shape index (κ1) is 21.1. The highest BCUT2D eigenvalue weighted by molar-refractivity contribution is 7.11. The van der Waals surface area contributed by atoms with Crippen molar-refractivity contribution in [2.45, 2.75) is 59.0 Å². The monoisotopic (exact) mass is 382 g/mol. The summed E-state index contributed by atoms with van der Waals surface area (Å²) in [5.41, 5.74) is 1.23. The molecular formula is C19H34N4O2S. The first-order valence-corrected chi connectivity index (χ1v) is 10.7. The number of guanidine groups is 1. The van der Waals surface area contributed by atoms with Crippen molar-refractivity contribution in [1.29, 1.82) is 0 Å². The number of thiazole rings is 1. The molecule has 0 spiro atoms. The Kier molecular flexibility index (Phi) is 9.95. The Hall–Kier alpha value is -1.18. The van der Waals surface area contributed by atoms with Crippen LogP contribution in [0.15, 0.2) is 4.99 Å². The SMILES string of the molecule is CCNC(=NCCCOCC1CCCO1)NCCc1nc(CC)c(C)s1. The number of aromatic nitrogens is 1. The fourth-order valence-electron chi connectivity index (χ4n) is 2.90. The third-order valence-electron chi connectivity index (χ3n) is 4.29. The van der Waals surface area contributed by atoms with Gasteiger partial charge in [0.15, 0.2) is 5.96 Å². The summed E-state index contributed by atoms with van der Waals surface area (Å²) >= 11 is 1.80. The van der Waals surface area contributed by atoms with Gasteiger partial charge < -0.3 is 20.1 Å². The lowest BCUT2D eigenvalue weighted by Crippen LogP contribution is -2.38. The Morgan fingerprint density at radius 3 is 2.96 bits per heavy atom. The van der Waals surface area contributed by atoms with Gasteiger partial charge in [0.1, 0.15) is 0 Å². The molecule has 0 bridgehead atoms. The Balaban J connectivity index is 1.61. The van der Waals surface area contributed by atoms with Crippen molar-refractivity contribution in [3.63, 3.8) is 0 Å². The van der Waals surface area contributed by atoms with Crippen molar-refractivity contribution in [2.24, 2.45) is 4.99 Å². The maximum absolute atomic E-state index is 5.68. The second-order valence-electron chi connectivity index (χ2n) is 6.46. The van der Waals surface area contributed by atoms with Gasteiger partial charge in [0.05, 0.1) is 23.4 Å². The smallest absolute Gasteiger partial charge is 0.191 e. The minimum absolute atomic E-state index is 0.306. The van der Waals surface area contributed by atoms with Crippen molar-refractivity contribution in [2.75, 3.05) is 39.5 Å². The van der Waals surface area contributed by atoms with Gasteiger partial charge in [-0.15, -0.1) is 11.3 Å². The van der Waals surface area contributed by atoms with Gasteiger partial charge in [0.2, 0.25) is 0 Å². The lowest BCUT2D eigenvalue weighted by molar-refractivity contribution is 0.0171. The van der Waals surface area contributed by atoms with Crippen LogP contribution in [0.5, 0.6) is 0 Å². The normalized spacial score (nSPS) is 17.7. The van der Waals surface area contributed by atoms with Crippen LogP contribution in [0.25, 0.3) is 0 Å². The summed E-state index contributed by atoms with van der Waals surface area (Å²) < 4.78 is 11.2. The lowest BCUT2D eigenvalue weighted by atomic mass is 10.2. The number of aliphatic imine (C=N–C) groups is 1. The quantitative estimate of drug-likeness (QED) is 0.350. The summed E-state index contributed by atoms with van der Waals surface area (Å²) in [6, 6.07) is 0. The van der Waals surface area contributed by atoms with Crippen LogP contribution >= 0.6 is 11.3 Å². The maximum Gasteiger partial charge on any atom is 0.191 e. The zero-order chi connectivity index (χ0) is 18.6. The largest absolute Gasteiger partial charge is 0.379 e. The van der Waals surface area contributed by atoms with Gasteiger partial charge in [0.25, 0.3) is 0 Å². The van der Waals surface area contributed by atoms with E-state index in [0.717, 1.165) is 77.5 Å². The molecular weight excluding hydrogens is 348 g/mol. The average Bonchev–Trinajstić information content (AvgIpc) is 3.27. The van der Waals surface area contributed by atoms with Crippen LogP contribution in [0.1, 0.15) is 48.7 Å². The average molecular weight is 383 g/mol. The Morgan fingerprint density at radius 1 is 1.38 bits per heavy atom. The molecule has 0 aromatic carbocycles. The number of aryl methyl sites for hydroxylation is 2. The standard InChI is InChI=1S/C19H34N4O2S/c1-4-17-15(3)26-18(23-17)9-11-22-19(20-5-2)21-10-7-12-24-14-16-8-6-13-25-16/h16H,4-14H2,1-3H3,(H2,20,21,22). The number of hydrogen-bond acceptors (Lipinski definition) is 5. The van der Waals surface area contributed by atoms with E-state index in [0.29, 0.717) is 6.10 Å². The molecule has 1 saturated heterocycles. The third-order valence-corrected chi connectivity index (χ3v) is 5.36. The summed E-state index contributed by atoms with van der Waals surface area (Å²) in [6.45, 7) is 11.2. The van der Waals surface area contributed by atoms with Gasteiger partial charge in [-0.05, 0) is 39.5 Å². The maximum atomic E-state index is 5.68. The van der Waals surface area contributed by atoms with Gasteiger partial charge in [-0.3, -0.25) is 4.99 Å². The fraction of sp³-hybridized carbons (Fsp3) is 0.789. The number of nitrogens with one attached hydrogen (secondary N) is 2. The molecule has 0 radical (unpaired) electrons. The van der Waals surface area contributed by atoms with E-state index in [-0.39, 0.29) is 0 Å². The molecule has 1 aliphatic heterocycles. The topological polar surface area (TPSA) is 67.8 Å². The zero-order valence-electron chi connectivity index (χ0n) is 16.5. The van der Waals surface area contributed by atoms with Crippen molar-refractivity contribution in [1.82, 2.24) is 15.6 Å². The van der Waals surface area contributed by atoms with Crippen molar-refractivity contribution in [3.8, 4) is 0 Å². The molecule has 1 aromatic rings. The summed E-state index contributed by atoms with van der Waals surface area (Å²) in [7, 11) is 0. The molecule has 1 unspecified atom stereocenters. The Bertz CT molecular complexity index is 542. The molecule has 1 atom stereocenters. The fourth-order valence-corrected chi connectivity index (χ4v) is 3.92. The highest BCUT2D eigenvalue weighted by Gasteiger charge is 2.14. The number of rotatable bonds is 11. The van der Waals surface area contributed by atoms with Gasteiger partial charge in [-0.25, -0.2) is 4.98 Å². The predicted octanol–water partition coefficient (Wildman–Crippen LogP) is 2.70. The van der Waals surface area contributed by atoms with Gasteiger partial charge in [0, 0.05) is 44.1 Å². The van der Waals surface area contributed by atoms with E-state index in [1.165, 1.54) is 15.6 Å². The highest BCUT2D eigenvalue weighted by Crippen LogP contribution is 2.17. The van der Waals surface area contributed by atoms with E-state index in [1.54, 1.807) is 11.3 Å². The minimum atomic E-state index is 0.306. The van der Waals surface area contributed by atoms with E-state index < -0.39 is 0 Å². The lowest BCUT2D eigenvalue weighted by Gasteiger charge is -2.11. The molecule has 2 rings (SSSR count). The molecule has 2 heterocycles. The summed E-state index contributed by atoms with van der Waals surface area (Å²) in [5.74, 6) is 0.871. The molecule has 148 valence electrons. The Labute approximate surface area is 161 Å². The van der Waals surface area contributed by atoms with Crippen LogP contribution < -0.4 is 10.6 Å². The van der Waals surface area contributed by atoms with Crippen LogP contribution in [-0.2, 0) is 22.3 Å². The van der Waals surface area contributed by atoms with Crippen molar-refractivity contribution >= 4 is 17.3 Å². The highest BCUT2D eigenvalue weighted by atomic mass is 32.1. The molecule has 0 aliphatic carbocycles. The predicted molar refractivity (Wildman–Crippen MR) is 108 cm³/mol. The van der Waals surface area contributed by atoms with Crippen LogP contribution in [0.4, 0.5) is 0 Å². The minimum Gasteiger partial charge on any atom is -0.379 e. The zero-order valence-corrected chi connectivity index (χ0v) is 17.3. The molecule has 0 amide bonds.